The molecule has 0 saturated carbocycles. The Kier molecular flexibility index (Phi) is 7.03. The van der Waals surface area contributed by atoms with Crippen LogP contribution in [0.25, 0.3) is 0 Å². The molecule has 148 valence electrons. The molecule has 4 rings (SSSR count). The third-order valence-corrected chi connectivity index (χ3v) is 7.20. The minimum Gasteiger partial charge on any atom is -0.486 e. The molecule has 0 bridgehead atoms. The minimum atomic E-state index is 0.295. The fraction of sp³-hybridized carbons (Fsp3) is 0.389. The maximum Gasteiger partial charge on any atom is 0.206 e. The van der Waals surface area contributed by atoms with Crippen molar-refractivity contribution in [2.24, 2.45) is 0 Å². The number of thiazole rings is 1. The summed E-state index contributed by atoms with van der Waals surface area (Å²) < 4.78 is 12.3. The van der Waals surface area contributed by atoms with E-state index in [-0.39, 0.29) is 0 Å². The van der Waals surface area contributed by atoms with Gasteiger partial charge in [-0.1, -0.05) is 34.7 Å². The molecule has 1 aliphatic rings. The topological polar surface area (TPSA) is 69.2 Å². The number of nitrogens with one attached hydrogen (secondary N) is 1. The van der Waals surface area contributed by atoms with Crippen molar-refractivity contribution >= 4 is 51.2 Å². The summed E-state index contributed by atoms with van der Waals surface area (Å²) in [6.07, 6.45) is 2.55. The van der Waals surface area contributed by atoms with Crippen LogP contribution in [0, 0.1) is 0 Å². The molecule has 0 amide bonds. The number of nitrogens with zero attached hydrogens (tertiary/aromatic N) is 3. The summed E-state index contributed by atoms with van der Waals surface area (Å²) in [5, 5.41) is 16.3. The monoisotopic (exact) mass is 454 g/mol. The molecule has 3 aromatic rings. The molecule has 1 N–H and O–H groups in total. The Hall–Kier alpha value is -1.39. The van der Waals surface area contributed by atoms with E-state index in [1.165, 1.54) is 0 Å². The Labute approximate surface area is 180 Å². The third kappa shape index (κ3) is 5.81. The molecule has 10 heteroatoms. The van der Waals surface area contributed by atoms with E-state index in [9.17, 15) is 0 Å². The number of halogens is 1. The molecule has 1 fully saturated rings. The van der Waals surface area contributed by atoms with Crippen molar-refractivity contribution in [3.8, 4) is 5.75 Å². The van der Waals surface area contributed by atoms with Gasteiger partial charge in [0.05, 0.1) is 11.8 Å². The Balaban J connectivity index is 1.21. The van der Waals surface area contributed by atoms with E-state index in [0.29, 0.717) is 17.7 Å². The van der Waals surface area contributed by atoms with Crippen molar-refractivity contribution in [3.05, 3.63) is 45.4 Å². The number of rotatable bonds is 9. The molecule has 1 aliphatic heterocycles. The summed E-state index contributed by atoms with van der Waals surface area (Å²) in [6, 6.07) is 7.33. The molecule has 0 aliphatic carbocycles. The van der Waals surface area contributed by atoms with Gasteiger partial charge in [-0.25, -0.2) is 4.98 Å². The summed E-state index contributed by atoms with van der Waals surface area (Å²) in [5.41, 5.74) is 1.02. The van der Waals surface area contributed by atoms with Crippen LogP contribution in [0.1, 0.15) is 23.5 Å². The first-order chi connectivity index (χ1) is 13.7. The maximum atomic E-state index is 5.88. The van der Waals surface area contributed by atoms with E-state index < -0.39 is 0 Å². The molecule has 1 unspecified atom stereocenters. The Bertz CT molecular complexity index is 881. The second-order valence-corrected chi connectivity index (χ2v) is 9.73. The minimum absolute atomic E-state index is 0.295. The fourth-order valence-corrected chi connectivity index (χ4v) is 5.23. The molecule has 2 aromatic heterocycles. The largest absolute Gasteiger partial charge is 0.486 e. The van der Waals surface area contributed by atoms with Gasteiger partial charge in [0.1, 0.15) is 17.4 Å². The van der Waals surface area contributed by atoms with Gasteiger partial charge in [0.2, 0.25) is 5.13 Å². The number of aromatic nitrogens is 3. The fourth-order valence-electron chi connectivity index (χ4n) is 2.64. The van der Waals surface area contributed by atoms with Crippen molar-refractivity contribution in [2.75, 3.05) is 18.5 Å². The number of hydrogen-bond acceptors (Lipinski definition) is 9. The van der Waals surface area contributed by atoms with Crippen molar-refractivity contribution < 1.29 is 9.47 Å². The van der Waals surface area contributed by atoms with Crippen LogP contribution in [-0.4, -0.2) is 34.4 Å². The van der Waals surface area contributed by atoms with Crippen LogP contribution in [0.2, 0.25) is 5.02 Å². The van der Waals surface area contributed by atoms with Gasteiger partial charge >= 0.3 is 0 Å². The highest BCUT2D eigenvalue weighted by molar-refractivity contribution is 8.00. The molecule has 0 radical (unpaired) electrons. The average molecular weight is 455 g/mol. The first kappa shape index (κ1) is 19.9. The van der Waals surface area contributed by atoms with E-state index in [2.05, 4.69) is 25.9 Å². The zero-order valence-electron chi connectivity index (χ0n) is 15.0. The normalized spacial score (nSPS) is 16.4. The van der Waals surface area contributed by atoms with Crippen molar-refractivity contribution in [1.82, 2.24) is 15.2 Å². The van der Waals surface area contributed by atoms with Gasteiger partial charge in [-0.3, -0.25) is 0 Å². The van der Waals surface area contributed by atoms with Crippen molar-refractivity contribution in [2.45, 2.75) is 35.6 Å². The zero-order chi connectivity index (χ0) is 19.2. The average Bonchev–Trinajstić information content (AvgIpc) is 3.46. The number of hydrogen-bond donors (Lipinski definition) is 1. The van der Waals surface area contributed by atoms with E-state index in [1.807, 2.05) is 24.3 Å². The maximum absolute atomic E-state index is 5.88. The van der Waals surface area contributed by atoms with Gasteiger partial charge < -0.3 is 14.8 Å². The summed E-state index contributed by atoms with van der Waals surface area (Å²) in [7, 11) is 0. The molecule has 1 saturated heterocycles. The summed E-state index contributed by atoms with van der Waals surface area (Å²) >= 11 is 10.7. The summed E-state index contributed by atoms with van der Waals surface area (Å²) in [6.45, 7) is 2.11. The Morgan fingerprint density at radius 3 is 3.00 bits per heavy atom. The van der Waals surface area contributed by atoms with Gasteiger partial charge in [0.15, 0.2) is 4.34 Å². The summed E-state index contributed by atoms with van der Waals surface area (Å²) in [4.78, 5) is 4.62. The van der Waals surface area contributed by atoms with E-state index in [1.54, 1.807) is 34.4 Å². The van der Waals surface area contributed by atoms with E-state index in [0.717, 1.165) is 57.7 Å². The van der Waals surface area contributed by atoms with Crippen LogP contribution >= 0.6 is 46.0 Å². The molecule has 28 heavy (non-hydrogen) atoms. The molecule has 6 nitrogen and oxygen atoms in total. The molecular weight excluding hydrogens is 436 g/mol. The van der Waals surface area contributed by atoms with Gasteiger partial charge in [-0.2, -0.15) is 0 Å². The van der Waals surface area contributed by atoms with Crippen LogP contribution in [0.3, 0.4) is 0 Å². The van der Waals surface area contributed by atoms with Crippen LogP contribution in [0.5, 0.6) is 5.75 Å². The van der Waals surface area contributed by atoms with E-state index in [4.69, 9.17) is 21.1 Å². The smallest absolute Gasteiger partial charge is 0.206 e. The molecular formula is C18H19ClN4O2S3. The van der Waals surface area contributed by atoms with Gasteiger partial charge in [0.25, 0.3) is 0 Å². The number of thioether (sulfide) groups is 1. The van der Waals surface area contributed by atoms with Crippen LogP contribution in [0.4, 0.5) is 5.13 Å². The molecule has 0 spiro atoms. The standard InChI is InChI=1S/C18H19ClN4O2S3/c19-12-3-5-14(6-4-12)25-9-16-21-13(10-26-16)11-27-18-23-22-17(28-18)20-8-15-2-1-7-24-15/h3-6,10,15H,1-2,7-9,11H2,(H,20,22). The second-order valence-electron chi connectivity index (χ2n) is 6.15. The molecule has 1 aromatic carbocycles. The van der Waals surface area contributed by atoms with Crippen molar-refractivity contribution in [3.63, 3.8) is 0 Å². The van der Waals surface area contributed by atoms with Gasteiger partial charge in [-0.05, 0) is 37.1 Å². The lowest BCUT2D eigenvalue weighted by Gasteiger charge is -2.08. The van der Waals surface area contributed by atoms with Crippen LogP contribution in [-0.2, 0) is 17.1 Å². The van der Waals surface area contributed by atoms with Crippen molar-refractivity contribution in [1.29, 1.82) is 0 Å². The van der Waals surface area contributed by atoms with Crippen LogP contribution in [0.15, 0.2) is 34.0 Å². The number of benzene rings is 1. The quantitative estimate of drug-likeness (QED) is 0.450. The zero-order valence-corrected chi connectivity index (χ0v) is 18.2. The number of anilines is 1. The third-order valence-electron chi connectivity index (χ3n) is 4.03. The van der Waals surface area contributed by atoms with E-state index >= 15 is 0 Å². The lowest BCUT2D eigenvalue weighted by molar-refractivity contribution is 0.120. The van der Waals surface area contributed by atoms with Gasteiger partial charge in [0, 0.05) is 29.3 Å². The molecule has 1 atom stereocenters. The lowest BCUT2D eigenvalue weighted by atomic mass is 10.2. The van der Waals surface area contributed by atoms with Gasteiger partial charge in [-0.15, -0.1) is 21.5 Å². The highest BCUT2D eigenvalue weighted by Crippen LogP contribution is 2.29. The second kappa shape index (κ2) is 9.89. The van der Waals surface area contributed by atoms with Crippen LogP contribution < -0.4 is 10.1 Å². The predicted octanol–water partition coefficient (Wildman–Crippen LogP) is 5.11. The SMILES string of the molecule is Clc1ccc(OCc2nc(CSc3nnc(NCC4CCCO4)s3)cs2)cc1. The Morgan fingerprint density at radius 2 is 2.18 bits per heavy atom. The lowest BCUT2D eigenvalue weighted by Crippen LogP contribution is -2.18. The first-order valence-corrected chi connectivity index (χ1v) is 11.9. The molecule has 3 heterocycles. The predicted molar refractivity (Wildman–Crippen MR) is 115 cm³/mol. The first-order valence-electron chi connectivity index (χ1n) is 8.88. The summed E-state index contributed by atoms with van der Waals surface area (Å²) in [5.74, 6) is 1.55. The number of ether oxygens (including phenoxy) is 2. The highest BCUT2D eigenvalue weighted by atomic mass is 35.5. The Morgan fingerprint density at radius 1 is 1.29 bits per heavy atom. The highest BCUT2D eigenvalue weighted by Gasteiger charge is 2.16.